The van der Waals surface area contributed by atoms with Crippen LogP contribution in [0.1, 0.15) is 18.2 Å². The van der Waals surface area contributed by atoms with Crippen LogP contribution in [-0.2, 0) is 0 Å². The highest BCUT2D eigenvalue weighted by Crippen LogP contribution is 2.39. The molecule has 4 aromatic carbocycles. The van der Waals surface area contributed by atoms with Crippen molar-refractivity contribution in [3.05, 3.63) is 127 Å². The average molecular weight is 478 g/mol. The van der Waals surface area contributed by atoms with Gasteiger partial charge in [-0.25, -0.2) is 4.98 Å². The van der Waals surface area contributed by atoms with Gasteiger partial charge < -0.3 is 8.98 Å². The SMILES string of the molecule is C1=CC(c2nc3ccccc3n2-c2ccccc2)CC=C1n1c2ccccc2c2c3ccoc3ccc21. The van der Waals surface area contributed by atoms with Crippen LogP contribution < -0.4 is 0 Å². The van der Waals surface area contributed by atoms with Crippen LogP contribution in [0.15, 0.2) is 126 Å². The standard InChI is InChI=1S/C33H23N3O/c1-2-8-23(9-3-1)36-29-13-7-5-11-27(29)34-33(36)22-14-16-24(17-15-22)35-28-12-6-4-10-25(28)32-26-20-21-37-31(26)19-18-30(32)35/h1-14,16-22H,15H2. The molecule has 3 heterocycles. The fourth-order valence-corrected chi connectivity index (χ4v) is 5.90. The molecule has 4 heteroatoms. The van der Waals surface area contributed by atoms with Gasteiger partial charge in [0, 0.05) is 33.5 Å². The molecule has 7 aromatic rings. The number of hydrogen-bond acceptors (Lipinski definition) is 2. The zero-order valence-electron chi connectivity index (χ0n) is 20.1. The predicted octanol–water partition coefficient (Wildman–Crippen LogP) is 8.46. The Hall–Kier alpha value is -4.83. The third-order valence-corrected chi connectivity index (χ3v) is 7.54. The van der Waals surface area contributed by atoms with Gasteiger partial charge in [-0.15, -0.1) is 0 Å². The predicted molar refractivity (Wildman–Crippen MR) is 151 cm³/mol. The minimum absolute atomic E-state index is 0.185. The van der Waals surface area contributed by atoms with E-state index >= 15 is 0 Å². The number of benzene rings is 4. The Balaban J connectivity index is 1.26. The van der Waals surface area contributed by atoms with Gasteiger partial charge in [0.1, 0.15) is 11.4 Å². The number of aromatic nitrogens is 3. The summed E-state index contributed by atoms with van der Waals surface area (Å²) in [6.45, 7) is 0. The molecule has 37 heavy (non-hydrogen) atoms. The normalized spacial score (nSPS) is 15.8. The Morgan fingerprint density at radius 1 is 0.703 bits per heavy atom. The highest BCUT2D eigenvalue weighted by atomic mass is 16.3. The van der Waals surface area contributed by atoms with Crippen LogP contribution in [0, 0.1) is 0 Å². The topological polar surface area (TPSA) is 35.9 Å². The van der Waals surface area contributed by atoms with Gasteiger partial charge in [-0.1, -0.05) is 60.7 Å². The Bertz CT molecular complexity index is 2020. The Labute approximate surface area is 213 Å². The van der Waals surface area contributed by atoms with E-state index in [1.54, 1.807) is 6.26 Å². The van der Waals surface area contributed by atoms with Crippen LogP contribution in [-0.4, -0.2) is 14.1 Å². The van der Waals surface area contributed by atoms with Gasteiger partial charge in [0.15, 0.2) is 0 Å². The van der Waals surface area contributed by atoms with E-state index in [0.29, 0.717) is 0 Å². The molecule has 0 bridgehead atoms. The Kier molecular flexibility index (Phi) is 4.31. The summed E-state index contributed by atoms with van der Waals surface area (Å²) >= 11 is 0. The van der Waals surface area contributed by atoms with Crippen molar-refractivity contribution in [1.29, 1.82) is 0 Å². The molecule has 0 aliphatic heterocycles. The number of imidazole rings is 1. The van der Waals surface area contributed by atoms with E-state index < -0.39 is 0 Å². The zero-order chi connectivity index (χ0) is 24.3. The first-order valence-corrected chi connectivity index (χ1v) is 12.7. The van der Waals surface area contributed by atoms with Crippen molar-refractivity contribution in [2.75, 3.05) is 0 Å². The molecule has 3 aromatic heterocycles. The molecular weight excluding hydrogens is 454 g/mol. The summed E-state index contributed by atoms with van der Waals surface area (Å²) in [6.07, 6.45) is 9.58. The Morgan fingerprint density at radius 2 is 1.51 bits per heavy atom. The molecule has 8 rings (SSSR count). The molecule has 4 nitrogen and oxygen atoms in total. The zero-order valence-corrected chi connectivity index (χ0v) is 20.1. The number of nitrogens with zero attached hydrogens (tertiary/aromatic N) is 3. The quantitative estimate of drug-likeness (QED) is 0.256. The van der Waals surface area contributed by atoms with Gasteiger partial charge in [-0.3, -0.25) is 4.57 Å². The largest absolute Gasteiger partial charge is 0.464 e. The van der Waals surface area contributed by atoms with Crippen LogP contribution in [0.2, 0.25) is 0 Å². The van der Waals surface area contributed by atoms with E-state index in [1.807, 2.05) is 0 Å². The molecule has 0 saturated carbocycles. The van der Waals surface area contributed by atoms with Crippen molar-refractivity contribution in [3.63, 3.8) is 0 Å². The van der Waals surface area contributed by atoms with Crippen molar-refractivity contribution in [2.45, 2.75) is 12.3 Å². The number of fused-ring (bicyclic) bond motifs is 6. The van der Waals surface area contributed by atoms with E-state index in [0.717, 1.165) is 39.9 Å². The maximum Gasteiger partial charge on any atom is 0.134 e. The van der Waals surface area contributed by atoms with Gasteiger partial charge in [0.25, 0.3) is 0 Å². The lowest BCUT2D eigenvalue weighted by atomic mass is 9.98. The third kappa shape index (κ3) is 2.99. The first kappa shape index (κ1) is 20.4. The van der Waals surface area contributed by atoms with Crippen LogP contribution >= 0.6 is 0 Å². The van der Waals surface area contributed by atoms with Crippen molar-refractivity contribution >= 4 is 49.5 Å². The molecule has 0 radical (unpaired) electrons. The maximum atomic E-state index is 5.72. The fourth-order valence-electron chi connectivity index (χ4n) is 5.90. The summed E-state index contributed by atoms with van der Waals surface area (Å²) < 4.78 is 10.4. The number of allylic oxidation sites excluding steroid dienone is 4. The molecule has 0 fully saturated rings. The molecule has 0 amide bonds. The van der Waals surface area contributed by atoms with E-state index in [1.165, 1.54) is 27.5 Å². The molecule has 1 unspecified atom stereocenters. The molecule has 1 aliphatic carbocycles. The minimum atomic E-state index is 0.185. The molecule has 176 valence electrons. The van der Waals surface area contributed by atoms with Crippen LogP contribution in [0.3, 0.4) is 0 Å². The molecule has 0 N–H and O–H groups in total. The third-order valence-electron chi connectivity index (χ3n) is 7.54. The summed E-state index contributed by atoms with van der Waals surface area (Å²) in [4.78, 5) is 5.09. The van der Waals surface area contributed by atoms with Gasteiger partial charge >= 0.3 is 0 Å². The summed E-state index contributed by atoms with van der Waals surface area (Å²) in [6, 6.07) is 33.9. The van der Waals surface area contributed by atoms with Crippen molar-refractivity contribution < 1.29 is 4.42 Å². The summed E-state index contributed by atoms with van der Waals surface area (Å²) in [5, 5.41) is 3.64. The lowest BCUT2D eigenvalue weighted by Gasteiger charge is -2.19. The highest BCUT2D eigenvalue weighted by molar-refractivity contribution is 6.21. The van der Waals surface area contributed by atoms with E-state index in [2.05, 4.69) is 124 Å². The van der Waals surface area contributed by atoms with Crippen LogP contribution in [0.4, 0.5) is 0 Å². The van der Waals surface area contributed by atoms with E-state index in [9.17, 15) is 0 Å². The smallest absolute Gasteiger partial charge is 0.134 e. The molecule has 0 saturated heterocycles. The summed E-state index contributed by atoms with van der Waals surface area (Å²) in [5.41, 5.74) is 7.81. The second-order valence-electron chi connectivity index (χ2n) is 9.60. The number of para-hydroxylation sites is 4. The average Bonchev–Trinajstić information content (AvgIpc) is 3.67. The molecule has 1 atom stereocenters. The van der Waals surface area contributed by atoms with E-state index in [4.69, 9.17) is 9.40 Å². The van der Waals surface area contributed by atoms with Gasteiger partial charge in [-0.05, 0) is 61.0 Å². The first-order chi connectivity index (χ1) is 18.4. The highest BCUT2D eigenvalue weighted by Gasteiger charge is 2.22. The monoisotopic (exact) mass is 477 g/mol. The number of hydrogen-bond donors (Lipinski definition) is 0. The second kappa shape index (κ2) is 7.84. The lowest BCUT2D eigenvalue weighted by Crippen LogP contribution is -2.09. The molecule has 1 aliphatic rings. The van der Waals surface area contributed by atoms with Gasteiger partial charge in [0.2, 0.25) is 0 Å². The first-order valence-electron chi connectivity index (χ1n) is 12.7. The van der Waals surface area contributed by atoms with Gasteiger partial charge in [-0.2, -0.15) is 0 Å². The van der Waals surface area contributed by atoms with Crippen LogP contribution in [0.5, 0.6) is 0 Å². The van der Waals surface area contributed by atoms with E-state index in [-0.39, 0.29) is 5.92 Å². The second-order valence-corrected chi connectivity index (χ2v) is 9.60. The van der Waals surface area contributed by atoms with Crippen molar-refractivity contribution in [3.8, 4) is 5.69 Å². The fraction of sp³-hybridized carbons (Fsp3) is 0.0606. The minimum Gasteiger partial charge on any atom is -0.464 e. The molecular formula is C33H23N3O. The number of rotatable bonds is 3. The van der Waals surface area contributed by atoms with Crippen molar-refractivity contribution in [2.24, 2.45) is 0 Å². The Morgan fingerprint density at radius 3 is 2.38 bits per heavy atom. The number of furan rings is 1. The van der Waals surface area contributed by atoms with Gasteiger partial charge in [0.05, 0.1) is 28.3 Å². The van der Waals surface area contributed by atoms with Crippen molar-refractivity contribution in [1.82, 2.24) is 14.1 Å². The summed E-state index contributed by atoms with van der Waals surface area (Å²) in [7, 11) is 0. The molecule has 0 spiro atoms. The van der Waals surface area contributed by atoms with Crippen LogP contribution in [0.25, 0.3) is 55.2 Å². The lowest BCUT2D eigenvalue weighted by molar-refractivity contribution is 0.616. The summed E-state index contributed by atoms with van der Waals surface area (Å²) in [5.74, 6) is 1.26. The maximum absolute atomic E-state index is 5.72.